The summed E-state index contributed by atoms with van der Waals surface area (Å²) in [7, 11) is 0. The van der Waals surface area contributed by atoms with Crippen LogP contribution < -0.4 is 10.1 Å². The van der Waals surface area contributed by atoms with Gasteiger partial charge in [0.2, 0.25) is 0 Å². The first-order valence-corrected chi connectivity index (χ1v) is 11.7. The minimum absolute atomic E-state index is 0.277. The van der Waals surface area contributed by atoms with Crippen LogP contribution in [0.25, 0.3) is 17.1 Å². The topological polar surface area (TPSA) is 90.7 Å². The molecule has 0 saturated carbocycles. The second kappa shape index (κ2) is 12.0. The lowest BCUT2D eigenvalue weighted by molar-refractivity contribution is -0.0449. The van der Waals surface area contributed by atoms with Crippen LogP contribution in [0.15, 0.2) is 48.5 Å². The van der Waals surface area contributed by atoms with E-state index in [2.05, 4.69) is 22.3 Å². The van der Waals surface area contributed by atoms with Gasteiger partial charge < -0.3 is 24.6 Å². The van der Waals surface area contributed by atoms with Gasteiger partial charge in [-0.1, -0.05) is 29.8 Å². The molecule has 1 atom stereocenters. The van der Waals surface area contributed by atoms with Gasteiger partial charge in [0.15, 0.2) is 5.82 Å². The van der Waals surface area contributed by atoms with Gasteiger partial charge in [-0.3, -0.25) is 0 Å². The summed E-state index contributed by atoms with van der Waals surface area (Å²) >= 11 is 0. The fourth-order valence-electron chi connectivity index (χ4n) is 3.12. The lowest BCUT2D eigenvalue weighted by atomic mass is 10.1. The molecular formula is C26H36N4O4. The predicted molar refractivity (Wildman–Crippen MR) is 134 cm³/mol. The highest BCUT2D eigenvalue weighted by molar-refractivity contribution is 5.60. The molecule has 1 aromatic heterocycles. The monoisotopic (exact) mass is 468 g/mol. The fourth-order valence-corrected chi connectivity index (χ4v) is 3.12. The third-order valence-electron chi connectivity index (χ3n) is 4.92. The van der Waals surface area contributed by atoms with Gasteiger partial charge in [0, 0.05) is 24.4 Å². The van der Waals surface area contributed by atoms with E-state index in [0.29, 0.717) is 38.2 Å². The molecule has 8 nitrogen and oxygen atoms in total. The summed E-state index contributed by atoms with van der Waals surface area (Å²) in [5, 5.41) is 18.0. The summed E-state index contributed by atoms with van der Waals surface area (Å²) < 4.78 is 18.5. The summed E-state index contributed by atoms with van der Waals surface area (Å²) in [6, 6.07) is 16.3. The van der Waals surface area contributed by atoms with Gasteiger partial charge >= 0.3 is 6.01 Å². The molecule has 2 aromatic carbocycles. The smallest absolute Gasteiger partial charge is 0.336 e. The van der Waals surface area contributed by atoms with Gasteiger partial charge in [0.1, 0.15) is 6.61 Å². The first-order chi connectivity index (χ1) is 16.2. The number of aryl methyl sites for hydroxylation is 1. The van der Waals surface area contributed by atoms with Crippen molar-refractivity contribution in [1.29, 1.82) is 0 Å². The van der Waals surface area contributed by atoms with Gasteiger partial charge in [-0.05, 0) is 58.9 Å². The van der Waals surface area contributed by atoms with Crippen molar-refractivity contribution < 1.29 is 19.3 Å². The Morgan fingerprint density at radius 3 is 2.38 bits per heavy atom. The van der Waals surface area contributed by atoms with E-state index in [0.717, 1.165) is 16.9 Å². The number of ether oxygens (including phenoxy) is 3. The zero-order chi connectivity index (χ0) is 24.6. The largest absolute Gasteiger partial charge is 0.460 e. The average molecular weight is 469 g/mol. The van der Waals surface area contributed by atoms with Crippen LogP contribution in [0.4, 0.5) is 5.69 Å². The minimum Gasteiger partial charge on any atom is -0.460 e. The van der Waals surface area contributed by atoms with E-state index in [1.54, 1.807) is 4.68 Å². The maximum Gasteiger partial charge on any atom is 0.336 e. The van der Waals surface area contributed by atoms with Crippen molar-refractivity contribution in [3.63, 3.8) is 0 Å². The number of aliphatic hydroxyl groups excluding tert-OH is 1. The maximum absolute atomic E-state index is 10.2. The lowest BCUT2D eigenvalue weighted by Crippen LogP contribution is -2.30. The lowest BCUT2D eigenvalue weighted by Gasteiger charge is -2.22. The van der Waals surface area contributed by atoms with E-state index in [-0.39, 0.29) is 12.2 Å². The van der Waals surface area contributed by atoms with Crippen LogP contribution in [0, 0.1) is 6.92 Å². The second-order valence-electron chi connectivity index (χ2n) is 9.05. The molecule has 0 saturated heterocycles. The Bertz CT molecular complexity index is 1010. The van der Waals surface area contributed by atoms with Gasteiger partial charge in [-0.15, -0.1) is 5.10 Å². The number of hydrogen-bond acceptors (Lipinski definition) is 7. The number of benzene rings is 2. The van der Waals surface area contributed by atoms with Crippen LogP contribution in [0.1, 0.15) is 33.3 Å². The fraction of sp³-hybridized carbons (Fsp3) is 0.462. The third-order valence-corrected chi connectivity index (χ3v) is 4.92. The Balaban J connectivity index is 1.72. The molecule has 0 spiro atoms. The van der Waals surface area contributed by atoms with Crippen molar-refractivity contribution in [3.8, 4) is 23.1 Å². The number of nitrogens with zero attached hydrogens (tertiary/aromatic N) is 3. The average Bonchev–Trinajstić information content (AvgIpc) is 3.23. The van der Waals surface area contributed by atoms with Gasteiger partial charge in [0.05, 0.1) is 30.6 Å². The van der Waals surface area contributed by atoms with Gasteiger partial charge in [-0.2, -0.15) is 4.98 Å². The molecule has 34 heavy (non-hydrogen) atoms. The highest BCUT2D eigenvalue weighted by Crippen LogP contribution is 2.25. The van der Waals surface area contributed by atoms with E-state index in [9.17, 15) is 5.11 Å². The van der Waals surface area contributed by atoms with Gasteiger partial charge in [-0.25, -0.2) is 4.68 Å². The molecule has 3 aromatic rings. The second-order valence-corrected chi connectivity index (χ2v) is 9.05. The molecule has 0 radical (unpaired) electrons. The summed E-state index contributed by atoms with van der Waals surface area (Å²) in [5.74, 6) is 0.696. The molecule has 3 rings (SSSR count). The molecule has 0 bridgehead atoms. The Hall–Kier alpha value is -2.94. The van der Waals surface area contributed by atoms with E-state index < -0.39 is 6.10 Å². The molecule has 1 heterocycles. The highest BCUT2D eigenvalue weighted by Gasteiger charge is 2.16. The SMILES string of the molecule is CCOCCOc1nc(-c2ccc(C)cc2)n(-c2ccc(NC[C@@H](O)COC(C)(C)C)cc2)n1. The van der Waals surface area contributed by atoms with Crippen LogP contribution in [0.3, 0.4) is 0 Å². The zero-order valence-corrected chi connectivity index (χ0v) is 20.7. The van der Waals surface area contributed by atoms with Crippen LogP contribution in [-0.2, 0) is 9.47 Å². The van der Waals surface area contributed by atoms with Crippen molar-refractivity contribution in [3.05, 3.63) is 54.1 Å². The van der Waals surface area contributed by atoms with Crippen molar-refractivity contribution >= 4 is 5.69 Å². The summed E-state index contributed by atoms with van der Waals surface area (Å²) in [6.45, 7) is 12.1. The molecule has 0 aliphatic carbocycles. The Morgan fingerprint density at radius 2 is 1.74 bits per heavy atom. The van der Waals surface area contributed by atoms with Crippen molar-refractivity contribution in [2.75, 3.05) is 38.3 Å². The number of anilines is 1. The quantitative estimate of drug-likeness (QED) is 0.384. The third kappa shape index (κ3) is 7.83. The van der Waals surface area contributed by atoms with E-state index in [1.807, 2.05) is 76.2 Å². The van der Waals surface area contributed by atoms with Crippen LogP contribution in [0.2, 0.25) is 0 Å². The van der Waals surface area contributed by atoms with Crippen LogP contribution in [-0.4, -0.2) is 64.5 Å². The first-order valence-electron chi connectivity index (χ1n) is 11.7. The van der Waals surface area contributed by atoms with Crippen molar-refractivity contribution in [1.82, 2.24) is 14.8 Å². The van der Waals surface area contributed by atoms with Crippen molar-refractivity contribution in [2.45, 2.75) is 46.3 Å². The summed E-state index contributed by atoms with van der Waals surface area (Å²) in [4.78, 5) is 4.62. The molecule has 184 valence electrons. The van der Waals surface area contributed by atoms with Crippen molar-refractivity contribution in [2.24, 2.45) is 0 Å². The number of aliphatic hydroxyl groups is 1. The molecule has 8 heteroatoms. The molecule has 0 fully saturated rings. The molecule has 0 amide bonds. The van der Waals surface area contributed by atoms with E-state index in [1.165, 1.54) is 5.56 Å². The molecule has 2 N–H and O–H groups in total. The first kappa shape index (κ1) is 25.7. The zero-order valence-electron chi connectivity index (χ0n) is 20.7. The van der Waals surface area contributed by atoms with Gasteiger partial charge in [0.25, 0.3) is 0 Å². The molecule has 0 aliphatic heterocycles. The van der Waals surface area contributed by atoms with Crippen LogP contribution >= 0.6 is 0 Å². The highest BCUT2D eigenvalue weighted by atomic mass is 16.5. The standard InChI is InChI=1S/C26H36N4O4/c1-6-32-15-16-33-25-28-24(20-9-7-19(2)8-10-20)30(29-25)22-13-11-21(12-14-22)27-17-23(31)18-34-26(3,4)5/h7-14,23,27,31H,6,15-18H2,1-5H3/t23-/m1/s1. The predicted octanol–water partition coefficient (Wildman–Crippen LogP) is 4.25. The maximum atomic E-state index is 10.2. The molecular weight excluding hydrogens is 432 g/mol. The minimum atomic E-state index is -0.598. The Labute approximate surface area is 201 Å². The Morgan fingerprint density at radius 1 is 1.03 bits per heavy atom. The van der Waals surface area contributed by atoms with Crippen LogP contribution in [0.5, 0.6) is 6.01 Å². The number of hydrogen-bond donors (Lipinski definition) is 2. The Kier molecular flexibility index (Phi) is 9.04. The number of aromatic nitrogens is 3. The summed E-state index contributed by atoms with van der Waals surface area (Å²) in [5.41, 5.74) is 3.59. The van der Waals surface area contributed by atoms with E-state index >= 15 is 0 Å². The van der Waals surface area contributed by atoms with E-state index in [4.69, 9.17) is 14.2 Å². The number of nitrogens with one attached hydrogen (secondary N) is 1. The normalized spacial score (nSPS) is 12.5. The molecule has 0 aliphatic rings. The molecule has 0 unspecified atom stereocenters. The number of rotatable bonds is 12. The summed E-state index contributed by atoms with van der Waals surface area (Å²) in [6.07, 6.45) is -0.598.